The van der Waals surface area contributed by atoms with Gasteiger partial charge in [-0.1, -0.05) is 30.9 Å². The number of ketones is 1. The summed E-state index contributed by atoms with van der Waals surface area (Å²) >= 11 is 6.30. The van der Waals surface area contributed by atoms with Crippen LogP contribution < -0.4 is 10.0 Å². The molecule has 7 heteroatoms. The Morgan fingerprint density at radius 1 is 1.12 bits per heavy atom. The van der Waals surface area contributed by atoms with Crippen molar-refractivity contribution in [3.63, 3.8) is 0 Å². The molecule has 0 amide bonds. The zero-order chi connectivity index (χ0) is 18.0. The van der Waals surface area contributed by atoms with Crippen molar-refractivity contribution in [2.24, 2.45) is 0 Å². The Morgan fingerprint density at radius 2 is 1.84 bits per heavy atom. The highest BCUT2D eigenvalue weighted by Crippen LogP contribution is 2.32. The third kappa shape index (κ3) is 4.18. The zero-order valence-electron chi connectivity index (χ0n) is 14.3. The van der Waals surface area contributed by atoms with Crippen LogP contribution in [-0.4, -0.2) is 19.5 Å². The largest absolute Gasteiger partial charge is 0.357 e. The van der Waals surface area contributed by atoms with E-state index in [2.05, 4.69) is 10.0 Å². The van der Waals surface area contributed by atoms with Crippen molar-refractivity contribution in [3.05, 3.63) is 34.5 Å². The summed E-state index contributed by atoms with van der Waals surface area (Å²) < 4.78 is 27.6. The van der Waals surface area contributed by atoms with Crippen LogP contribution in [0.2, 0.25) is 5.02 Å². The second-order valence-electron chi connectivity index (χ2n) is 6.75. The first kappa shape index (κ1) is 18.3. The summed E-state index contributed by atoms with van der Waals surface area (Å²) in [5, 5.41) is 3.29. The maximum atomic E-state index is 12.5. The van der Waals surface area contributed by atoms with Crippen molar-refractivity contribution < 1.29 is 13.2 Å². The summed E-state index contributed by atoms with van der Waals surface area (Å²) in [5.41, 5.74) is 2.75. The second-order valence-corrected chi connectivity index (χ2v) is 9.12. The van der Waals surface area contributed by atoms with E-state index in [9.17, 15) is 13.2 Å². The van der Waals surface area contributed by atoms with E-state index in [1.54, 1.807) is 25.1 Å². The van der Waals surface area contributed by atoms with Gasteiger partial charge in [-0.25, -0.2) is 8.42 Å². The molecule has 136 valence electrons. The van der Waals surface area contributed by atoms with Crippen LogP contribution in [-0.2, 0) is 14.8 Å². The lowest BCUT2D eigenvalue weighted by atomic mass is 10.0. The Hall–Kier alpha value is -1.53. The number of sulfonamides is 1. The smallest absolute Gasteiger partial charge is 0.235 e. The Morgan fingerprint density at radius 3 is 2.44 bits per heavy atom. The molecule has 1 saturated carbocycles. The fourth-order valence-corrected chi connectivity index (χ4v) is 5.21. The molecule has 0 radical (unpaired) electrons. The molecule has 0 aliphatic heterocycles. The minimum Gasteiger partial charge on any atom is -0.357 e. The van der Waals surface area contributed by atoms with E-state index in [0.717, 1.165) is 30.5 Å². The first-order chi connectivity index (χ1) is 11.9. The van der Waals surface area contributed by atoms with Gasteiger partial charge in [-0.15, -0.1) is 0 Å². The van der Waals surface area contributed by atoms with Gasteiger partial charge >= 0.3 is 0 Å². The van der Waals surface area contributed by atoms with Gasteiger partial charge in [0, 0.05) is 17.7 Å². The number of carbonyl (C=O) groups is 1. The number of allylic oxidation sites excluding steroid dienone is 2. The molecule has 0 aromatic heterocycles. The summed E-state index contributed by atoms with van der Waals surface area (Å²) in [6.45, 7) is 1.80. The molecule has 0 heterocycles. The quantitative estimate of drug-likeness (QED) is 0.788. The predicted molar refractivity (Wildman–Crippen MR) is 101 cm³/mol. The van der Waals surface area contributed by atoms with E-state index in [0.29, 0.717) is 42.1 Å². The van der Waals surface area contributed by atoms with Gasteiger partial charge in [-0.3, -0.25) is 9.52 Å². The predicted octanol–water partition coefficient (Wildman–Crippen LogP) is 4.46. The van der Waals surface area contributed by atoms with Crippen LogP contribution in [0.3, 0.4) is 0 Å². The first-order valence-corrected chi connectivity index (χ1v) is 10.6. The third-order valence-electron chi connectivity index (χ3n) is 4.98. The van der Waals surface area contributed by atoms with Crippen molar-refractivity contribution in [1.82, 2.24) is 0 Å². The van der Waals surface area contributed by atoms with Crippen molar-refractivity contribution in [1.29, 1.82) is 0 Å². The summed E-state index contributed by atoms with van der Waals surface area (Å²) in [7, 11) is -3.39. The lowest BCUT2D eigenvalue weighted by molar-refractivity contribution is -0.114. The van der Waals surface area contributed by atoms with Gasteiger partial charge in [0.2, 0.25) is 10.0 Å². The average Bonchev–Trinajstić information content (AvgIpc) is 2.90. The highest BCUT2D eigenvalue weighted by Gasteiger charge is 2.27. The van der Waals surface area contributed by atoms with E-state index < -0.39 is 10.0 Å². The summed E-state index contributed by atoms with van der Waals surface area (Å²) in [6, 6.07) is 5.04. The molecule has 2 N–H and O–H groups in total. The maximum Gasteiger partial charge on any atom is 0.235 e. The van der Waals surface area contributed by atoms with Crippen molar-refractivity contribution in [2.75, 3.05) is 10.0 Å². The standard InChI is InChI=1S/C18H23ClN2O3S/c1-12-16(9-10-18(12)22)20-17-8-7-13(11-15(17)19)21-25(23,24)14-5-3-2-4-6-14/h7-8,11,14,20-21H,2-6,9-10H2,1H3. The lowest BCUT2D eigenvalue weighted by Crippen LogP contribution is -2.29. The minimum absolute atomic E-state index is 0.149. The van der Waals surface area contributed by atoms with Crippen LogP contribution in [0.15, 0.2) is 29.5 Å². The fourth-order valence-electron chi connectivity index (χ4n) is 3.40. The molecule has 25 heavy (non-hydrogen) atoms. The normalized spacial score (nSPS) is 19.4. The van der Waals surface area contributed by atoms with Gasteiger partial charge in [0.05, 0.1) is 21.6 Å². The Labute approximate surface area is 153 Å². The summed E-state index contributed by atoms with van der Waals surface area (Å²) in [5.74, 6) is 0.149. The van der Waals surface area contributed by atoms with Crippen LogP contribution >= 0.6 is 11.6 Å². The van der Waals surface area contributed by atoms with Gasteiger partial charge in [0.1, 0.15) is 0 Å². The Balaban J connectivity index is 1.72. The highest BCUT2D eigenvalue weighted by atomic mass is 35.5. The molecule has 1 aromatic carbocycles. The van der Waals surface area contributed by atoms with Gasteiger partial charge in [-0.05, 0) is 44.4 Å². The Bertz CT molecular complexity index is 812. The van der Waals surface area contributed by atoms with E-state index in [-0.39, 0.29) is 11.0 Å². The summed E-state index contributed by atoms with van der Waals surface area (Å²) in [4.78, 5) is 11.6. The monoisotopic (exact) mass is 382 g/mol. The minimum atomic E-state index is -3.39. The van der Waals surface area contributed by atoms with Crippen LogP contribution in [0.1, 0.15) is 51.9 Å². The number of carbonyl (C=O) groups excluding carboxylic acids is 1. The highest BCUT2D eigenvalue weighted by molar-refractivity contribution is 7.93. The average molecular weight is 383 g/mol. The fraction of sp³-hybridized carbons (Fsp3) is 0.500. The number of benzene rings is 1. The van der Waals surface area contributed by atoms with Gasteiger partial charge in [0.25, 0.3) is 0 Å². The number of rotatable bonds is 5. The van der Waals surface area contributed by atoms with Crippen LogP contribution in [0, 0.1) is 0 Å². The lowest BCUT2D eigenvalue weighted by Gasteiger charge is -2.22. The SMILES string of the molecule is CC1=C(Nc2ccc(NS(=O)(=O)C3CCCCC3)cc2Cl)CCC1=O. The van der Waals surface area contributed by atoms with Gasteiger partial charge in [-0.2, -0.15) is 0 Å². The number of nitrogens with one attached hydrogen (secondary N) is 2. The molecular formula is C18H23ClN2O3S. The molecule has 0 bridgehead atoms. The summed E-state index contributed by atoms with van der Waals surface area (Å²) in [6.07, 6.45) is 5.65. The van der Waals surface area contributed by atoms with Crippen LogP contribution in [0.4, 0.5) is 11.4 Å². The van der Waals surface area contributed by atoms with E-state index in [1.165, 1.54) is 0 Å². The molecule has 1 fully saturated rings. The van der Waals surface area contributed by atoms with Crippen LogP contribution in [0.25, 0.3) is 0 Å². The number of hydrogen-bond donors (Lipinski definition) is 2. The van der Waals surface area contributed by atoms with Gasteiger partial charge in [0.15, 0.2) is 5.78 Å². The molecule has 2 aliphatic rings. The van der Waals surface area contributed by atoms with E-state index >= 15 is 0 Å². The third-order valence-corrected chi connectivity index (χ3v) is 7.16. The molecule has 5 nitrogen and oxygen atoms in total. The molecule has 0 atom stereocenters. The number of halogens is 1. The molecule has 0 unspecified atom stereocenters. The number of hydrogen-bond acceptors (Lipinski definition) is 4. The van der Waals surface area contributed by atoms with Crippen molar-refractivity contribution >= 4 is 38.8 Å². The second kappa shape index (κ2) is 7.38. The molecule has 2 aliphatic carbocycles. The molecule has 0 spiro atoms. The van der Waals surface area contributed by atoms with Gasteiger partial charge < -0.3 is 5.32 Å². The zero-order valence-corrected chi connectivity index (χ0v) is 15.8. The van der Waals surface area contributed by atoms with E-state index in [4.69, 9.17) is 11.6 Å². The molecule has 3 rings (SSSR count). The molecule has 1 aromatic rings. The van der Waals surface area contributed by atoms with Crippen LogP contribution in [0.5, 0.6) is 0 Å². The number of anilines is 2. The van der Waals surface area contributed by atoms with Crippen molar-refractivity contribution in [2.45, 2.75) is 57.1 Å². The maximum absolute atomic E-state index is 12.5. The molecule has 0 saturated heterocycles. The first-order valence-electron chi connectivity index (χ1n) is 8.68. The Kier molecular flexibility index (Phi) is 5.39. The van der Waals surface area contributed by atoms with Crippen molar-refractivity contribution in [3.8, 4) is 0 Å². The number of Topliss-reactive ketones (excluding diaryl/α,β-unsaturated/α-hetero) is 1. The topological polar surface area (TPSA) is 75.3 Å². The molecular weight excluding hydrogens is 360 g/mol. The van der Waals surface area contributed by atoms with E-state index in [1.807, 2.05) is 0 Å².